The van der Waals surface area contributed by atoms with Crippen molar-refractivity contribution in [1.82, 2.24) is 14.9 Å². The Bertz CT molecular complexity index is 579. The van der Waals surface area contributed by atoms with E-state index in [9.17, 15) is 4.39 Å². The summed E-state index contributed by atoms with van der Waals surface area (Å²) in [6.07, 6.45) is 4.72. The van der Waals surface area contributed by atoms with E-state index in [0.29, 0.717) is 18.8 Å². The first kappa shape index (κ1) is 15.5. The molecule has 0 aliphatic rings. The second-order valence-corrected chi connectivity index (χ2v) is 5.27. The molecule has 0 aliphatic heterocycles. The smallest absolute Gasteiger partial charge is 0.146 e. The van der Waals surface area contributed by atoms with Crippen molar-refractivity contribution in [2.75, 3.05) is 18.5 Å². The van der Waals surface area contributed by atoms with Crippen LogP contribution in [0.3, 0.4) is 0 Å². The molecule has 0 saturated heterocycles. The third kappa shape index (κ3) is 4.04. The van der Waals surface area contributed by atoms with Gasteiger partial charge >= 0.3 is 0 Å². The molecule has 114 valence electrons. The van der Waals surface area contributed by atoms with Crippen LogP contribution in [-0.2, 0) is 20.1 Å². The molecular weight excluding hydrogens is 267 g/mol. The molecule has 0 aliphatic carbocycles. The number of nitrogens with zero attached hydrogens (tertiary/aromatic N) is 3. The van der Waals surface area contributed by atoms with E-state index in [4.69, 9.17) is 0 Å². The maximum atomic E-state index is 14.2. The predicted octanol–water partition coefficient (Wildman–Crippen LogP) is 2.70. The first-order valence-electron chi connectivity index (χ1n) is 7.28. The van der Waals surface area contributed by atoms with Gasteiger partial charge in [0.1, 0.15) is 11.6 Å². The molecule has 1 heterocycles. The van der Waals surface area contributed by atoms with Crippen LogP contribution in [0.25, 0.3) is 0 Å². The van der Waals surface area contributed by atoms with Crippen LogP contribution in [0.15, 0.2) is 30.6 Å². The van der Waals surface area contributed by atoms with E-state index >= 15 is 0 Å². The zero-order chi connectivity index (χ0) is 15.2. The molecule has 1 N–H and O–H groups in total. The first-order valence-corrected chi connectivity index (χ1v) is 7.28. The van der Waals surface area contributed by atoms with Crippen LogP contribution in [0.5, 0.6) is 0 Å². The van der Waals surface area contributed by atoms with Gasteiger partial charge in [0.05, 0.1) is 12.2 Å². The summed E-state index contributed by atoms with van der Waals surface area (Å²) in [6.45, 7) is 4.34. The maximum absolute atomic E-state index is 14.2. The minimum atomic E-state index is -0.192. The van der Waals surface area contributed by atoms with Gasteiger partial charge in [-0.15, -0.1) is 0 Å². The third-order valence-electron chi connectivity index (χ3n) is 3.48. The number of aromatic nitrogens is 2. The Hall–Kier alpha value is -1.88. The monoisotopic (exact) mass is 290 g/mol. The molecule has 1 aromatic carbocycles. The van der Waals surface area contributed by atoms with Crippen molar-refractivity contribution in [3.8, 4) is 0 Å². The van der Waals surface area contributed by atoms with Gasteiger partial charge in [0.25, 0.3) is 0 Å². The minimum absolute atomic E-state index is 0.192. The number of hydrogen-bond donors (Lipinski definition) is 1. The van der Waals surface area contributed by atoms with Gasteiger partial charge < -0.3 is 14.8 Å². The van der Waals surface area contributed by atoms with Gasteiger partial charge in [-0.3, -0.25) is 0 Å². The van der Waals surface area contributed by atoms with E-state index in [1.165, 1.54) is 0 Å². The van der Waals surface area contributed by atoms with Gasteiger partial charge in [0, 0.05) is 33.0 Å². The zero-order valence-corrected chi connectivity index (χ0v) is 12.9. The average molecular weight is 290 g/mol. The van der Waals surface area contributed by atoms with Crippen LogP contribution in [0.1, 0.15) is 24.7 Å². The molecule has 0 saturated carbocycles. The summed E-state index contributed by atoms with van der Waals surface area (Å²) in [4.78, 5) is 6.14. The lowest BCUT2D eigenvalue weighted by Gasteiger charge is -2.20. The third-order valence-corrected chi connectivity index (χ3v) is 3.48. The van der Waals surface area contributed by atoms with Crippen LogP contribution >= 0.6 is 0 Å². The topological polar surface area (TPSA) is 33.1 Å². The van der Waals surface area contributed by atoms with Crippen molar-refractivity contribution >= 4 is 5.69 Å². The fraction of sp³-hybridized carbons (Fsp3) is 0.438. The number of hydrogen-bond acceptors (Lipinski definition) is 3. The summed E-state index contributed by atoms with van der Waals surface area (Å²) in [6, 6.07) is 5.41. The van der Waals surface area contributed by atoms with Crippen LogP contribution in [0.2, 0.25) is 0 Å². The molecule has 2 rings (SSSR count). The Labute approximate surface area is 125 Å². The molecule has 0 fully saturated rings. The number of aryl methyl sites for hydroxylation is 1. The lowest BCUT2D eigenvalue weighted by Crippen LogP contribution is -2.20. The molecule has 4 nitrogen and oxygen atoms in total. The minimum Gasteiger partial charge on any atom is -0.365 e. The second-order valence-electron chi connectivity index (χ2n) is 5.27. The molecule has 5 heteroatoms. The molecule has 0 amide bonds. The van der Waals surface area contributed by atoms with Crippen molar-refractivity contribution in [3.63, 3.8) is 0 Å². The van der Waals surface area contributed by atoms with Crippen LogP contribution in [-0.4, -0.2) is 23.1 Å². The molecule has 0 unspecified atom stereocenters. The van der Waals surface area contributed by atoms with Gasteiger partial charge in [-0.25, -0.2) is 9.37 Å². The second kappa shape index (κ2) is 7.22. The number of imidazole rings is 1. The van der Waals surface area contributed by atoms with Crippen LogP contribution in [0.4, 0.5) is 10.1 Å². The zero-order valence-electron chi connectivity index (χ0n) is 12.9. The Morgan fingerprint density at radius 3 is 2.81 bits per heavy atom. The molecule has 0 bridgehead atoms. The van der Waals surface area contributed by atoms with Gasteiger partial charge in [0.15, 0.2) is 0 Å². The van der Waals surface area contributed by atoms with E-state index in [-0.39, 0.29) is 5.82 Å². The van der Waals surface area contributed by atoms with Crippen LogP contribution in [0, 0.1) is 5.82 Å². The van der Waals surface area contributed by atoms with E-state index in [1.807, 2.05) is 41.9 Å². The molecule has 0 atom stereocenters. The highest BCUT2D eigenvalue weighted by molar-refractivity contribution is 5.48. The highest BCUT2D eigenvalue weighted by Crippen LogP contribution is 2.20. The SMILES string of the molecule is CCCNCc1ccc(N(C)Cc2nccn2C)c(F)c1. The van der Waals surface area contributed by atoms with E-state index < -0.39 is 0 Å². The summed E-state index contributed by atoms with van der Waals surface area (Å²) in [5, 5.41) is 3.28. The van der Waals surface area contributed by atoms with Gasteiger partial charge in [-0.2, -0.15) is 0 Å². The van der Waals surface area contributed by atoms with Crippen molar-refractivity contribution in [3.05, 3.63) is 47.8 Å². The Morgan fingerprint density at radius 1 is 1.38 bits per heavy atom. The normalized spacial score (nSPS) is 10.9. The van der Waals surface area contributed by atoms with E-state index in [0.717, 1.165) is 24.4 Å². The fourth-order valence-electron chi connectivity index (χ4n) is 2.23. The van der Waals surface area contributed by atoms with E-state index in [1.54, 1.807) is 12.3 Å². The fourth-order valence-corrected chi connectivity index (χ4v) is 2.23. The summed E-state index contributed by atoms with van der Waals surface area (Å²) in [5.41, 5.74) is 1.56. The highest BCUT2D eigenvalue weighted by Gasteiger charge is 2.11. The van der Waals surface area contributed by atoms with Gasteiger partial charge in [0.2, 0.25) is 0 Å². The molecular formula is C16H23FN4. The average Bonchev–Trinajstić information content (AvgIpc) is 2.84. The quantitative estimate of drug-likeness (QED) is 0.796. The highest BCUT2D eigenvalue weighted by atomic mass is 19.1. The van der Waals surface area contributed by atoms with Crippen molar-refractivity contribution in [2.24, 2.45) is 7.05 Å². The summed E-state index contributed by atoms with van der Waals surface area (Å²) >= 11 is 0. The van der Waals surface area contributed by atoms with E-state index in [2.05, 4.69) is 17.2 Å². The lowest BCUT2D eigenvalue weighted by molar-refractivity contribution is 0.612. The summed E-state index contributed by atoms with van der Waals surface area (Å²) < 4.78 is 16.2. The van der Waals surface area contributed by atoms with Crippen molar-refractivity contribution < 1.29 is 4.39 Å². The molecule has 2 aromatic rings. The Morgan fingerprint density at radius 2 is 2.19 bits per heavy atom. The van der Waals surface area contributed by atoms with Crippen molar-refractivity contribution in [1.29, 1.82) is 0 Å². The molecule has 1 aromatic heterocycles. The van der Waals surface area contributed by atoms with Gasteiger partial charge in [-0.1, -0.05) is 13.0 Å². The Balaban J connectivity index is 2.04. The molecule has 0 radical (unpaired) electrons. The lowest BCUT2D eigenvalue weighted by atomic mass is 10.2. The standard InChI is InChI=1S/C16H23FN4/c1-4-7-18-11-13-5-6-15(14(17)10-13)21(3)12-16-19-8-9-20(16)2/h5-6,8-10,18H,4,7,11-12H2,1-3H3. The number of benzene rings is 1. The number of nitrogens with one attached hydrogen (secondary N) is 1. The largest absolute Gasteiger partial charge is 0.365 e. The number of anilines is 1. The first-order chi connectivity index (χ1) is 10.1. The van der Waals surface area contributed by atoms with Crippen molar-refractivity contribution in [2.45, 2.75) is 26.4 Å². The van der Waals surface area contributed by atoms with Crippen LogP contribution < -0.4 is 10.2 Å². The molecule has 0 spiro atoms. The molecule has 21 heavy (non-hydrogen) atoms. The number of halogens is 1. The number of rotatable bonds is 7. The Kier molecular flexibility index (Phi) is 5.33. The maximum Gasteiger partial charge on any atom is 0.146 e. The summed E-state index contributed by atoms with van der Waals surface area (Å²) in [7, 11) is 3.82. The predicted molar refractivity (Wildman–Crippen MR) is 83.7 cm³/mol. The van der Waals surface area contributed by atoms with Gasteiger partial charge in [-0.05, 0) is 30.7 Å². The summed E-state index contributed by atoms with van der Waals surface area (Å²) in [5.74, 6) is 0.716.